The van der Waals surface area contributed by atoms with Gasteiger partial charge in [-0.15, -0.1) is 16.7 Å². The van der Waals surface area contributed by atoms with Crippen LogP contribution in [0.5, 0.6) is 0 Å². The lowest BCUT2D eigenvalue weighted by molar-refractivity contribution is 0.359. The van der Waals surface area contributed by atoms with E-state index in [1.54, 1.807) is 4.68 Å². The molecule has 0 aromatic carbocycles. The van der Waals surface area contributed by atoms with E-state index in [9.17, 15) is 0 Å². The first-order chi connectivity index (χ1) is 8.19. The van der Waals surface area contributed by atoms with E-state index in [1.165, 1.54) is 0 Å². The fourth-order valence-corrected chi connectivity index (χ4v) is 1.53. The van der Waals surface area contributed by atoms with Crippen molar-refractivity contribution in [2.45, 2.75) is 32.7 Å². The van der Waals surface area contributed by atoms with Gasteiger partial charge >= 0.3 is 0 Å². The van der Waals surface area contributed by atoms with Crippen LogP contribution < -0.4 is 0 Å². The largest absolute Gasteiger partial charge is 0.339 e. The molecular formula is C10H14ClN5O. The molecule has 0 radical (unpaired) electrons. The molecule has 0 unspecified atom stereocenters. The Morgan fingerprint density at radius 3 is 2.94 bits per heavy atom. The Morgan fingerprint density at radius 1 is 1.47 bits per heavy atom. The summed E-state index contributed by atoms with van der Waals surface area (Å²) in [6.45, 7) is 4.47. The van der Waals surface area contributed by atoms with Crippen LogP contribution in [0.1, 0.15) is 37.2 Å². The SMILES string of the molecule is CC(C)c1nc(Cn2cc(CCCl)nn2)no1. The molecule has 17 heavy (non-hydrogen) atoms. The van der Waals surface area contributed by atoms with Crippen molar-refractivity contribution in [3.8, 4) is 0 Å². The molecule has 0 N–H and O–H groups in total. The highest BCUT2D eigenvalue weighted by molar-refractivity contribution is 6.17. The van der Waals surface area contributed by atoms with Crippen LogP contribution in [0, 0.1) is 0 Å². The predicted molar refractivity (Wildman–Crippen MR) is 61.9 cm³/mol. The van der Waals surface area contributed by atoms with Gasteiger partial charge in [0.15, 0.2) is 5.82 Å². The Labute approximate surface area is 104 Å². The molecule has 0 fully saturated rings. The smallest absolute Gasteiger partial charge is 0.229 e. The zero-order valence-electron chi connectivity index (χ0n) is 9.80. The lowest BCUT2D eigenvalue weighted by Crippen LogP contribution is -2.02. The van der Waals surface area contributed by atoms with Gasteiger partial charge in [-0.3, -0.25) is 0 Å². The summed E-state index contributed by atoms with van der Waals surface area (Å²) in [5.41, 5.74) is 0.868. The third-order valence-electron chi connectivity index (χ3n) is 2.22. The number of aromatic nitrogens is 5. The van der Waals surface area contributed by atoms with E-state index in [0.29, 0.717) is 30.6 Å². The van der Waals surface area contributed by atoms with Crippen molar-refractivity contribution in [3.05, 3.63) is 23.6 Å². The van der Waals surface area contributed by atoms with Gasteiger partial charge < -0.3 is 4.52 Å². The highest BCUT2D eigenvalue weighted by atomic mass is 35.5. The molecule has 0 saturated carbocycles. The molecule has 0 saturated heterocycles. The van der Waals surface area contributed by atoms with Gasteiger partial charge in [0.2, 0.25) is 5.89 Å². The summed E-state index contributed by atoms with van der Waals surface area (Å²) >= 11 is 5.63. The summed E-state index contributed by atoms with van der Waals surface area (Å²) in [4.78, 5) is 4.27. The van der Waals surface area contributed by atoms with Crippen molar-refractivity contribution in [2.75, 3.05) is 5.88 Å². The van der Waals surface area contributed by atoms with Crippen molar-refractivity contribution in [1.82, 2.24) is 25.1 Å². The van der Waals surface area contributed by atoms with Crippen molar-refractivity contribution in [3.63, 3.8) is 0 Å². The Balaban J connectivity index is 2.03. The van der Waals surface area contributed by atoms with Crippen molar-refractivity contribution >= 4 is 11.6 Å². The fraction of sp³-hybridized carbons (Fsp3) is 0.600. The Bertz CT molecular complexity index is 479. The first-order valence-electron chi connectivity index (χ1n) is 5.46. The molecule has 0 aliphatic rings. The maximum atomic E-state index is 5.63. The Kier molecular flexibility index (Phi) is 3.73. The second kappa shape index (κ2) is 5.27. The average molecular weight is 256 g/mol. The lowest BCUT2D eigenvalue weighted by atomic mass is 10.2. The molecule has 2 heterocycles. The molecule has 0 bridgehead atoms. The van der Waals surface area contributed by atoms with Crippen molar-refractivity contribution in [1.29, 1.82) is 0 Å². The number of rotatable bonds is 5. The Hall–Kier alpha value is -1.43. The van der Waals surface area contributed by atoms with E-state index < -0.39 is 0 Å². The minimum atomic E-state index is 0.235. The number of alkyl halides is 1. The number of halogens is 1. The van der Waals surface area contributed by atoms with Gasteiger partial charge in [0.25, 0.3) is 0 Å². The van der Waals surface area contributed by atoms with Crippen LogP contribution >= 0.6 is 11.6 Å². The molecule has 2 aromatic heterocycles. The van der Waals surface area contributed by atoms with Gasteiger partial charge in [-0.1, -0.05) is 24.2 Å². The zero-order valence-corrected chi connectivity index (χ0v) is 10.6. The first-order valence-corrected chi connectivity index (χ1v) is 6.00. The van der Waals surface area contributed by atoms with Gasteiger partial charge in [-0.2, -0.15) is 4.98 Å². The van der Waals surface area contributed by atoms with Gasteiger partial charge in [0, 0.05) is 24.4 Å². The van der Waals surface area contributed by atoms with Crippen LogP contribution in [0.4, 0.5) is 0 Å². The molecule has 92 valence electrons. The zero-order chi connectivity index (χ0) is 12.3. The average Bonchev–Trinajstić information content (AvgIpc) is 2.89. The molecule has 2 aromatic rings. The highest BCUT2D eigenvalue weighted by Crippen LogP contribution is 2.11. The monoisotopic (exact) mass is 255 g/mol. The standard InChI is InChI=1S/C10H14ClN5O/c1-7(2)10-12-9(14-17-10)6-16-5-8(3-4-11)13-15-16/h5,7H,3-4,6H2,1-2H3. The third kappa shape index (κ3) is 3.03. The van der Waals surface area contributed by atoms with E-state index in [1.807, 2.05) is 20.0 Å². The second-order valence-corrected chi connectivity index (χ2v) is 4.43. The summed E-state index contributed by atoms with van der Waals surface area (Å²) in [5, 5.41) is 11.8. The van der Waals surface area contributed by atoms with Crippen molar-refractivity contribution < 1.29 is 4.52 Å². The number of hydrogen-bond donors (Lipinski definition) is 0. The number of nitrogens with zero attached hydrogens (tertiary/aromatic N) is 5. The highest BCUT2D eigenvalue weighted by Gasteiger charge is 2.10. The van der Waals surface area contributed by atoms with Crippen LogP contribution in [0.3, 0.4) is 0 Å². The van der Waals surface area contributed by atoms with Gasteiger partial charge in [0.05, 0.1) is 5.69 Å². The third-order valence-corrected chi connectivity index (χ3v) is 2.41. The van der Waals surface area contributed by atoms with Gasteiger partial charge in [0.1, 0.15) is 6.54 Å². The predicted octanol–water partition coefficient (Wildman–Crippen LogP) is 1.61. The van der Waals surface area contributed by atoms with E-state index in [-0.39, 0.29) is 5.92 Å². The van der Waals surface area contributed by atoms with E-state index in [0.717, 1.165) is 5.69 Å². The Morgan fingerprint density at radius 2 is 2.29 bits per heavy atom. The van der Waals surface area contributed by atoms with E-state index in [4.69, 9.17) is 16.1 Å². The van der Waals surface area contributed by atoms with Gasteiger partial charge in [-0.05, 0) is 0 Å². The topological polar surface area (TPSA) is 69.6 Å². The second-order valence-electron chi connectivity index (χ2n) is 4.05. The maximum Gasteiger partial charge on any atom is 0.229 e. The van der Waals surface area contributed by atoms with E-state index >= 15 is 0 Å². The van der Waals surface area contributed by atoms with Crippen LogP contribution in [0.2, 0.25) is 0 Å². The van der Waals surface area contributed by atoms with Crippen molar-refractivity contribution in [2.24, 2.45) is 0 Å². The molecule has 0 amide bonds. The number of hydrogen-bond acceptors (Lipinski definition) is 5. The minimum absolute atomic E-state index is 0.235. The summed E-state index contributed by atoms with van der Waals surface area (Å²) < 4.78 is 6.79. The summed E-state index contributed by atoms with van der Waals surface area (Å²) in [6.07, 6.45) is 2.55. The first kappa shape index (κ1) is 12.0. The molecule has 7 heteroatoms. The molecular weight excluding hydrogens is 242 g/mol. The molecule has 0 spiro atoms. The van der Waals surface area contributed by atoms with Crippen LogP contribution in [0.25, 0.3) is 0 Å². The molecule has 2 rings (SSSR count). The van der Waals surface area contributed by atoms with E-state index in [2.05, 4.69) is 20.5 Å². The van der Waals surface area contributed by atoms with Crippen LogP contribution in [0.15, 0.2) is 10.7 Å². The van der Waals surface area contributed by atoms with Crippen LogP contribution in [-0.4, -0.2) is 31.0 Å². The van der Waals surface area contributed by atoms with Crippen LogP contribution in [-0.2, 0) is 13.0 Å². The number of aryl methyl sites for hydroxylation is 1. The summed E-state index contributed by atoms with van der Waals surface area (Å²) in [5.74, 6) is 2.02. The molecule has 0 aliphatic heterocycles. The normalized spacial score (nSPS) is 11.3. The fourth-order valence-electron chi connectivity index (χ4n) is 1.34. The quantitative estimate of drug-likeness (QED) is 0.760. The molecule has 0 atom stereocenters. The summed E-state index contributed by atoms with van der Waals surface area (Å²) in [6, 6.07) is 0. The summed E-state index contributed by atoms with van der Waals surface area (Å²) in [7, 11) is 0. The van der Waals surface area contributed by atoms with Gasteiger partial charge in [-0.25, -0.2) is 4.68 Å². The maximum absolute atomic E-state index is 5.63. The molecule has 0 aliphatic carbocycles. The minimum Gasteiger partial charge on any atom is -0.339 e. The molecule has 6 nitrogen and oxygen atoms in total. The lowest BCUT2D eigenvalue weighted by Gasteiger charge is -1.93.